The fourth-order valence-corrected chi connectivity index (χ4v) is 1.92. The van der Waals surface area contributed by atoms with Crippen LogP contribution < -0.4 is 4.74 Å². The van der Waals surface area contributed by atoms with Crippen LogP contribution in [0.3, 0.4) is 0 Å². The minimum Gasteiger partial charge on any atom is -0.480 e. The topological polar surface area (TPSA) is 29.5 Å². The highest BCUT2D eigenvalue weighted by Crippen LogP contribution is 2.27. The van der Waals surface area contributed by atoms with E-state index in [9.17, 15) is 5.11 Å². The number of hydrogen-bond acceptors (Lipinski definition) is 2. The van der Waals surface area contributed by atoms with Gasteiger partial charge in [-0.15, -0.1) is 5.92 Å². The third kappa shape index (κ3) is 3.26. The van der Waals surface area contributed by atoms with Gasteiger partial charge in [0.2, 0.25) is 0 Å². The normalized spacial score (nSPS) is 9.33. The molecule has 1 aromatic carbocycles. The van der Waals surface area contributed by atoms with Crippen LogP contribution >= 0.6 is 15.9 Å². The average molecular weight is 269 g/mol. The molecule has 0 spiro atoms. The van der Waals surface area contributed by atoms with Gasteiger partial charge in [-0.25, -0.2) is 0 Å². The van der Waals surface area contributed by atoms with Crippen molar-refractivity contribution in [1.29, 1.82) is 0 Å². The summed E-state index contributed by atoms with van der Waals surface area (Å²) in [6.45, 7) is 4.03. The molecular formula is C12H13BrO2. The largest absolute Gasteiger partial charge is 0.480 e. The Kier molecular flexibility index (Phi) is 4.67. The first kappa shape index (κ1) is 12.1. The predicted octanol–water partition coefficient (Wildman–Crippen LogP) is 2.65. The van der Waals surface area contributed by atoms with E-state index in [2.05, 4.69) is 27.8 Å². The van der Waals surface area contributed by atoms with E-state index in [1.54, 1.807) is 6.92 Å². The molecule has 0 amide bonds. The van der Waals surface area contributed by atoms with Gasteiger partial charge in [-0.1, -0.05) is 21.9 Å². The second-order valence-electron chi connectivity index (χ2n) is 3.08. The molecule has 0 saturated heterocycles. The van der Waals surface area contributed by atoms with E-state index in [1.165, 1.54) is 0 Å². The van der Waals surface area contributed by atoms with E-state index < -0.39 is 0 Å². The zero-order chi connectivity index (χ0) is 11.3. The summed E-state index contributed by atoms with van der Waals surface area (Å²) in [4.78, 5) is 0. The van der Waals surface area contributed by atoms with Crippen LogP contribution in [0.1, 0.15) is 18.1 Å². The number of rotatable bonds is 3. The third-order valence-electron chi connectivity index (χ3n) is 1.95. The van der Waals surface area contributed by atoms with Crippen LogP contribution in [0.15, 0.2) is 16.6 Å². The standard InChI is InChI=1S/C12H13BrO2/c1-3-4-5-15-12-9(2)6-11(13)7-10(12)8-14/h6-7,14H,5,8H2,1-2H3. The van der Waals surface area contributed by atoms with Crippen molar-refractivity contribution in [2.24, 2.45) is 0 Å². The highest BCUT2D eigenvalue weighted by atomic mass is 79.9. The number of halogens is 1. The Hall–Kier alpha value is -0.980. The van der Waals surface area contributed by atoms with Crippen LogP contribution in [0.2, 0.25) is 0 Å². The molecule has 1 aromatic rings. The summed E-state index contributed by atoms with van der Waals surface area (Å²) < 4.78 is 6.44. The zero-order valence-electron chi connectivity index (χ0n) is 8.80. The SMILES string of the molecule is CC#CCOc1c(C)cc(Br)cc1CO. The molecule has 0 saturated carbocycles. The van der Waals surface area contributed by atoms with Gasteiger partial charge < -0.3 is 9.84 Å². The molecule has 0 aliphatic heterocycles. The Morgan fingerprint density at radius 3 is 2.80 bits per heavy atom. The van der Waals surface area contributed by atoms with E-state index in [0.29, 0.717) is 6.61 Å². The van der Waals surface area contributed by atoms with Crippen LogP contribution in [0.5, 0.6) is 5.75 Å². The lowest BCUT2D eigenvalue weighted by Gasteiger charge is -2.11. The minimum absolute atomic E-state index is 0.0326. The van der Waals surface area contributed by atoms with E-state index in [1.807, 2.05) is 19.1 Å². The van der Waals surface area contributed by atoms with Gasteiger partial charge in [-0.2, -0.15) is 0 Å². The third-order valence-corrected chi connectivity index (χ3v) is 2.41. The lowest BCUT2D eigenvalue weighted by Crippen LogP contribution is -2.00. The molecule has 0 fully saturated rings. The molecule has 0 unspecified atom stereocenters. The summed E-state index contributed by atoms with van der Waals surface area (Å²) in [6, 6.07) is 3.80. The first-order chi connectivity index (χ1) is 7.19. The first-order valence-corrected chi connectivity index (χ1v) is 5.40. The van der Waals surface area contributed by atoms with Gasteiger partial charge >= 0.3 is 0 Å². The monoisotopic (exact) mass is 268 g/mol. The number of aliphatic hydroxyl groups excluding tert-OH is 1. The van der Waals surface area contributed by atoms with Crippen molar-refractivity contribution in [3.8, 4) is 17.6 Å². The van der Waals surface area contributed by atoms with E-state index in [-0.39, 0.29) is 6.61 Å². The van der Waals surface area contributed by atoms with Gasteiger partial charge in [0.25, 0.3) is 0 Å². The molecular weight excluding hydrogens is 256 g/mol. The summed E-state index contributed by atoms with van der Waals surface area (Å²) >= 11 is 3.38. The fourth-order valence-electron chi connectivity index (χ4n) is 1.30. The summed E-state index contributed by atoms with van der Waals surface area (Å²) in [5, 5.41) is 9.19. The highest BCUT2D eigenvalue weighted by molar-refractivity contribution is 9.10. The maximum absolute atomic E-state index is 9.19. The van der Waals surface area contributed by atoms with Crippen molar-refractivity contribution >= 4 is 15.9 Å². The molecule has 0 atom stereocenters. The Morgan fingerprint density at radius 2 is 2.20 bits per heavy atom. The molecule has 80 valence electrons. The summed E-state index contributed by atoms with van der Waals surface area (Å²) in [5.41, 5.74) is 1.77. The van der Waals surface area contributed by atoms with E-state index in [4.69, 9.17) is 4.74 Å². The second kappa shape index (κ2) is 5.79. The van der Waals surface area contributed by atoms with Crippen molar-refractivity contribution in [3.63, 3.8) is 0 Å². The molecule has 2 nitrogen and oxygen atoms in total. The summed E-state index contributed by atoms with van der Waals surface area (Å²) in [5.74, 6) is 6.31. The van der Waals surface area contributed by atoms with Gasteiger partial charge in [0.15, 0.2) is 0 Å². The first-order valence-electron chi connectivity index (χ1n) is 4.61. The smallest absolute Gasteiger partial charge is 0.149 e. The molecule has 0 aliphatic carbocycles. The van der Waals surface area contributed by atoms with E-state index >= 15 is 0 Å². The number of ether oxygens (including phenoxy) is 1. The Balaban J connectivity index is 2.96. The number of benzene rings is 1. The zero-order valence-corrected chi connectivity index (χ0v) is 10.4. The van der Waals surface area contributed by atoms with Crippen molar-refractivity contribution in [2.45, 2.75) is 20.5 Å². The second-order valence-corrected chi connectivity index (χ2v) is 4.00. The quantitative estimate of drug-likeness (QED) is 0.855. The molecule has 0 aliphatic rings. The van der Waals surface area contributed by atoms with Crippen LogP contribution in [0.25, 0.3) is 0 Å². The van der Waals surface area contributed by atoms with Crippen LogP contribution in [0.4, 0.5) is 0 Å². The Bertz CT molecular complexity index is 402. The predicted molar refractivity (Wildman–Crippen MR) is 63.7 cm³/mol. The number of aliphatic hydroxyl groups is 1. The molecule has 0 bridgehead atoms. The van der Waals surface area contributed by atoms with Gasteiger partial charge in [-0.05, 0) is 31.5 Å². The van der Waals surface area contributed by atoms with Gasteiger partial charge in [0.05, 0.1) is 6.61 Å². The van der Waals surface area contributed by atoms with Crippen molar-refractivity contribution in [3.05, 3.63) is 27.7 Å². The Morgan fingerprint density at radius 1 is 1.47 bits per heavy atom. The number of hydrogen-bond donors (Lipinski definition) is 1. The fraction of sp³-hybridized carbons (Fsp3) is 0.333. The lowest BCUT2D eigenvalue weighted by atomic mass is 10.1. The van der Waals surface area contributed by atoms with Crippen molar-refractivity contribution < 1.29 is 9.84 Å². The average Bonchev–Trinajstić information content (AvgIpc) is 2.20. The summed E-state index contributed by atoms with van der Waals surface area (Å²) in [6.07, 6.45) is 0. The molecule has 3 heteroatoms. The molecule has 0 radical (unpaired) electrons. The molecule has 1 N–H and O–H groups in total. The molecule has 1 rings (SSSR count). The van der Waals surface area contributed by atoms with Crippen molar-refractivity contribution in [1.82, 2.24) is 0 Å². The maximum atomic E-state index is 9.19. The van der Waals surface area contributed by atoms with Gasteiger partial charge in [0, 0.05) is 10.0 Å². The van der Waals surface area contributed by atoms with Crippen molar-refractivity contribution in [2.75, 3.05) is 6.61 Å². The summed E-state index contributed by atoms with van der Waals surface area (Å²) in [7, 11) is 0. The Labute approximate surface area is 98.4 Å². The van der Waals surface area contributed by atoms with Gasteiger partial charge in [0.1, 0.15) is 12.4 Å². The van der Waals surface area contributed by atoms with Crippen LogP contribution in [-0.2, 0) is 6.61 Å². The van der Waals surface area contributed by atoms with Crippen LogP contribution in [0, 0.1) is 18.8 Å². The van der Waals surface area contributed by atoms with Crippen LogP contribution in [-0.4, -0.2) is 11.7 Å². The molecule has 0 heterocycles. The highest BCUT2D eigenvalue weighted by Gasteiger charge is 2.07. The van der Waals surface area contributed by atoms with E-state index in [0.717, 1.165) is 21.3 Å². The van der Waals surface area contributed by atoms with Gasteiger partial charge in [-0.3, -0.25) is 0 Å². The minimum atomic E-state index is -0.0326. The molecule has 0 aromatic heterocycles. The number of aryl methyl sites for hydroxylation is 1. The maximum Gasteiger partial charge on any atom is 0.149 e. The lowest BCUT2D eigenvalue weighted by molar-refractivity contribution is 0.270. The molecule has 15 heavy (non-hydrogen) atoms.